The lowest BCUT2D eigenvalue weighted by molar-refractivity contribution is 0.0978. The van der Waals surface area contributed by atoms with Gasteiger partial charge in [-0.25, -0.2) is 0 Å². The van der Waals surface area contributed by atoms with Gasteiger partial charge >= 0.3 is 0 Å². The van der Waals surface area contributed by atoms with Gasteiger partial charge in [-0.05, 0) is 69.7 Å². The summed E-state index contributed by atoms with van der Waals surface area (Å²) in [7, 11) is 0. The SMILES string of the molecule is CCCNC1CCC(C)CC1CCCC1CCCO1. The van der Waals surface area contributed by atoms with Crippen molar-refractivity contribution in [1.29, 1.82) is 0 Å². The molecule has 112 valence electrons. The predicted molar refractivity (Wildman–Crippen MR) is 81.4 cm³/mol. The highest BCUT2D eigenvalue weighted by atomic mass is 16.5. The van der Waals surface area contributed by atoms with E-state index < -0.39 is 0 Å². The molecule has 2 aliphatic rings. The number of nitrogens with one attached hydrogen (secondary N) is 1. The van der Waals surface area contributed by atoms with Crippen molar-refractivity contribution in [2.24, 2.45) is 11.8 Å². The van der Waals surface area contributed by atoms with E-state index in [1.54, 1.807) is 0 Å². The molecular formula is C17H33NO. The van der Waals surface area contributed by atoms with Crippen LogP contribution >= 0.6 is 0 Å². The van der Waals surface area contributed by atoms with Gasteiger partial charge in [-0.15, -0.1) is 0 Å². The van der Waals surface area contributed by atoms with E-state index in [1.165, 1.54) is 64.3 Å². The Balaban J connectivity index is 1.70. The van der Waals surface area contributed by atoms with E-state index in [4.69, 9.17) is 4.74 Å². The van der Waals surface area contributed by atoms with E-state index >= 15 is 0 Å². The van der Waals surface area contributed by atoms with E-state index in [2.05, 4.69) is 19.2 Å². The van der Waals surface area contributed by atoms with E-state index in [0.717, 1.165) is 24.5 Å². The molecule has 0 aromatic heterocycles. The Morgan fingerprint density at radius 3 is 2.79 bits per heavy atom. The van der Waals surface area contributed by atoms with Crippen molar-refractivity contribution in [3.63, 3.8) is 0 Å². The summed E-state index contributed by atoms with van der Waals surface area (Å²) in [6.45, 7) is 6.90. The van der Waals surface area contributed by atoms with Crippen LogP contribution < -0.4 is 5.32 Å². The molecule has 2 rings (SSSR count). The van der Waals surface area contributed by atoms with Crippen LogP contribution in [0.15, 0.2) is 0 Å². The van der Waals surface area contributed by atoms with Crippen molar-refractivity contribution < 1.29 is 4.74 Å². The summed E-state index contributed by atoms with van der Waals surface area (Å²) in [6, 6.07) is 0.792. The van der Waals surface area contributed by atoms with Gasteiger partial charge < -0.3 is 10.1 Å². The number of hydrogen-bond donors (Lipinski definition) is 1. The van der Waals surface area contributed by atoms with Gasteiger partial charge in [0, 0.05) is 12.6 Å². The molecule has 1 aliphatic carbocycles. The first-order chi connectivity index (χ1) is 9.29. The molecule has 0 radical (unpaired) electrons. The second kappa shape index (κ2) is 8.26. The monoisotopic (exact) mass is 267 g/mol. The van der Waals surface area contributed by atoms with E-state index in [1.807, 2.05) is 0 Å². The summed E-state index contributed by atoms with van der Waals surface area (Å²) in [5.74, 6) is 1.85. The molecule has 2 heteroatoms. The Morgan fingerprint density at radius 1 is 1.16 bits per heavy atom. The smallest absolute Gasteiger partial charge is 0.0576 e. The van der Waals surface area contributed by atoms with Crippen molar-refractivity contribution in [2.75, 3.05) is 13.2 Å². The van der Waals surface area contributed by atoms with Gasteiger partial charge in [0.15, 0.2) is 0 Å². The van der Waals surface area contributed by atoms with Crippen molar-refractivity contribution in [2.45, 2.75) is 83.8 Å². The summed E-state index contributed by atoms with van der Waals surface area (Å²) in [6.07, 6.45) is 12.8. The van der Waals surface area contributed by atoms with Crippen LogP contribution in [0.5, 0.6) is 0 Å². The molecule has 2 fully saturated rings. The van der Waals surface area contributed by atoms with Gasteiger partial charge in [0.1, 0.15) is 0 Å². The Hall–Kier alpha value is -0.0800. The molecule has 4 atom stereocenters. The van der Waals surface area contributed by atoms with Crippen LogP contribution in [0, 0.1) is 11.8 Å². The van der Waals surface area contributed by atoms with Gasteiger partial charge in [0.25, 0.3) is 0 Å². The summed E-state index contributed by atoms with van der Waals surface area (Å²) in [5.41, 5.74) is 0. The Kier molecular flexibility index (Phi) is 6.66. The third kappa shape index (κ3) is 5.07. The van der Waals surface area contributed by atoms with Gasteiger partial charge in [-0.1, -0.05) is 20.3 Å². The summed E-state index contributed by atoms with van der Waals surface area (Å²) >= 11 is 0. The summed E-state index contributed by atoms with van der Waals surface area (Å²) < 4.78 is 5.74. The molecule has 2 nitrogen and oxygen atoms in total. The Morgan fingerprint density at radius 2 is 2.05 bits per heavy atom. The standard InChI is InChI=1S/C17H33NO/c1-3-11-18-17-10-9-14(2)13-15(17)6-4-7-16-8-5-12-19-16/h14-18H,3-13H2,1-2H3. The highest BCUT2D eigenvalue weighted by Gasteiger charge is 2.28. The minimum Gasteiger partial charge on any atom is -0.378 e. The Bertz CT molecular complexity index is 235. The molecule has 1 aliphatic heterocycles. The fourth-order valence-corrected chi connectivity index (χ4v) is 3.90. The Labute approximate surface area is 119 Å². The number of ether oxygens (including phenoxy) is 1. The third-order valence-electron chi connectivity index (χ3n) is 5.03. The van der Waals surface area contributed by atoms with E-state index in [9.17, 15) is 0 Å². The van der Waals surface area contributed by atoms with E-state index in [0.29, 0.717) is 6.10 Å². The average Bonchev–Trinajstić information content (AvgIpc) is 2.91. The highest BCUT2D eigenvalue weighted by Crippen LogP contribution is 2.33. The number of hydrogen-bond acceptors (Lipinski definition) is 2. The molecule has 0 aromatic rings. The topological polar surface area (TPSA) is 21.3 Å². The molecular weight excluding hydrogens is 234 g/mol. The van der Waals surface area contributed by atoms with Crippen LogP contribution in [0.2, 0.25) is 0 Å². The first kappa shape index (κ1) is 15.3. The number of rotatable bonds is 7. The van der Waals surface area contributed by atoms with Crippen LogP contribution in [0.1, 0.15) is 71.6 Å². The molecule has 0 spiro atoms. The molecule has 1 N–H and O–H groups in total. The molecule has 19 heavy (non-hydrogen) atoms. The van der Waals surface area contributed by atoms with Crippen molar-refractivity contribution >= 4 is 0 Å². The lowest BCUT2D eigenvalue weighted by Crippen LogP contribution is -2.40. The fourth-order valence-electron chi connectivity index (χ4n) is 3.90. The van der Waals surface area contributed by atoms with Gasteiger partial charge in [0.05, 0.1) is 6.10 Å². The second-order valence-electron chi connectivity index (χ2n) is 6.80. The second-order valence-corrected chi connectivity index (χ2v) is 6.80. The minimum absolute atomic E-state index is 0.586. The first-order valence-electron chi connectivity index (χ1n) is 8.64. The lowest BCUT2D eigenvalue weighted by atomic mass is 9.76. The van der Waals surface area contributed by atoms with Crippen molar-refractivity contribution in [3.8, 4) is 0 Å². The van der Waals surface area contributed by atoms with Crippen molar-refractivity contribution in [1.82, 2.24) is 5.32 Å². The molecule has 1 saturated carbocycles. The maximum Gasteiger partial charge on any atom is 0.0576 e. The zero-order chi connectivity index (χ0) is 13.5. The summed E-state index contributed by atoms with van der Waals surface area (Å²) in [4.78, 5) is 0. The molecule has 1 saturated heterocycles. The molecule has 0 aromatic carbocycles. The van der Waals surface area contributed by atoms with Crippen molar-refractivity contribution in [3.05, 3.63) is 0 Å². The maximum absolute atomic E-state index is 5.74. The van der Waals surface area contributed by atoms with Gasteiger partial charge in [0.2, 0.25) is 0 Å². The van der Waals surface area contributed by atoms with Gasteiger partial charge in [-0.3, -0.25) is 0 Å². The first-order valence-corrected chi connectivity index (χ1v) is 8.64. The van der Waals surface area contributed by atoms with Crippen LogP contribution in [0.4, 0.5) is 0 Å². The quantitative estimate of drug-likeness (QED) is 0.748. The van der Waals surface area contributed by atoms with Gasteiger partial charge in [-0.2, -0.15) is 0 Å². The predicted octanol–water partition coefficient (Wildman–Crippen LogP) is 4.14. The zero-order valence-corrected chi connectivity index (χ0v) is 13.0. The van der Waals surface area contributed by atoms with E-state index in [-0.39, 0.29) is 0 Å². The highest BCUT2D eigenvalue weighted by molar-refractivity contribution is 4.83. The fraction of sp³-hybridized carbons (Fsp3) is 1.00. The maximum atomic E-state index is 5.74. The minimum atomic E-state index is 0.586. The van der Waals surface area contributed by atoms with Crippen LogP contribution in [-0.4, -0.2) is 25.3 Å². The molecule has 0 amide bonds. The lowest BCUT2D eigenvalue weighted by Gasteiger charge is -2.36. The zero-order valence-electron chi connectivity index (χ0n) is 13.0. The van der Waals surface area contributed by atoms with Crippen LogP contribution in [0.3, 0.4) is 0 Å². The third-order valence-corrected chi connectivity index (χ3v) is 5.03. The van der Waals surface area contributed by atoms with Crippen LogP contribution in [0.25, 0.3) is 0 Å². The van der Waals surface area contributed by atoms with Crippen LogP contribution in [-0.2, 0) is 4.74 Å². The normalized spacial score (nSPS) is 35.7. The molecule has 0 bridgehead atoms. The molecule has 4 unspecified atom stereocenters. The largest absolute Gasteiger partial charge is 0.378 e. The average molecular weight is 267 g/mol. The summed E-state index contributed by atoms with van der Waals surface area (Å²) in [5, 5.41) is 3.79. The molecule has 1 heterocycles.